The van der Waals surface area contributed by atoms with Gasteiger partial charge in [-0.15, -0.1) is 0 Å². The minimum absolute atomic E-state index is 0.722. The third kappa shape index (κ3) is 6.86. The molecule has 0 N–H and O–H groups in total. The number of hydrogen-bond acceptors (Lipinski definition) is 1. The average Bonchev–Trinajstić information content (AvgIpc) is 2.67. The first kappa shape index (κ1) is 19.4. The minimum atomic E-state index is -0.725. The third-order valence-corrected chi connectivity index (χ3v) is 5.34. The molecule has 0 radical (unpaired) electrons. The van der Waals surface area contributed by atoms with Gasteiger partial charge in [0, 0.05) is 0 Å². The smallest absolute Gasteiger partial charge is 0.195 e. The van der Waals surface area contributed by atoms with Gasteiger partial charge in [-0.05, 0) is 80.4 Å². The summed E-state index contributed by atoms with van der Waals surface area (Å²) in [5.74, 6) is 0.784. The second-order valence-corrected chi connectivity index (χ2v) is 7.19. The highest BCUT2D eigenvalue weighted by Crippen LogP contribution is 2.37. The molecule has 0 atom stereocenters. The number of hydrogen-bond donors (Lipinski definition) is 0. The van der Waals surface area contributed by atoms with E-state index in [9.17, 15) is 4.39 Å². The lowest BCUT2D eigenvalue weighted by molar-refractivity contribution is 0.312. The first-order chi connectivity index (χ1) is 12.2. The van der Waals surface area contributed by atoms with Crippen molar-refractivity contribution in [3.05, 3.63) is 59.4 Å². The van der Waals surface area contributed by atoms with E-state index in [0.717, 1.165) is 18.3 Å². The maximum absolute atomic E-state index is 12.7. The van der Waals surface area contributed by atoms with E-state index in [4.69, 9.17) is 5.26 Å². The Morgan fingerprint density at radius 2 is 1.92 bits per heavy atom. The molecule has 1 aromatic carbocycles. The van der Waals surface area contributed by atoms with Crippen LogP contribution in [0.4, 0.5) is 4.39 Å². The number of nitriles is 1. The first-order valence-electron chi connectivity index (χ1n) is 9.74. The van der Waals surface area contributed by atoms with E-state index in [1.807, 2.05) is 6.08 Å². The molecule has 0 saturated heterocycles. The van der Waals surface area contributed by atoms with Gasteiger partial charge in [-0.2, -0.15) is 9.65 Å². The summed E-state index contributed by atoms with van der Waals surface area (Å²) in [5.41, 5.74) is 2.98. The second kappa shape index (κ2) is 10.9. The standard InChI is InChI=1S/C23H30FN/c1-2-3-7-19-10-14-21(15-11-19)22-16-12-20(13-17-22)8-5-4-6-9-23(24)18-25/h4,6,9-11,14-15,20,22H,2-3,5,7-8,12-13,16-17H2,1H3/b6-4+,23-9-/t20-,22-. The van der Waals surface area contributed by atoms with Gasteiger partial charge in [-0.25, -0.2) is 0 Å². The van der Waals surface area contributed by atoms with Crippen LogP contribution in [0.25, 0.3) is 0 Å². The molecule has 0 heterocycles. The third-order valence-electron chi connectivity index (χ3n) is 5.34. The summed E-state index contributed by atoms with van der Waals surface area (Å²) >= 11 is 0. The number of nitrogens with zero attached hydrogens (tertiary/aromatic N) is 1. The van der Waals surface area contributed by atoms with Crippen molar-refractivity contribution in [1.82, 2.24) is 0 Å². The number of allylic oxidation sites excluding steroid dienone is 4. The first-order valence-corrected chi connectivity index (χ1v) is 9.74. The predicted molar refractivity (Wildman–Crippen MR) is 103 cm³/mol. The van der Waals surface area contributed by atoms with Gasteiger partial charge in [0.15, 0.2) is 5.83 Å². The predicted octanol–water partition coefficient (Wildman–Crippen LogP) is 7.02. The van der Waals surface area contributed by atoms with Crippen molar-refractivity contribution < 1.29 is 4.39 Å². The van der Waals surface area contributed by atoms with E-state index in [1.54, 1.807) is 6.08 Å². The van der Waals surface area contributed by atoms with E-state index in [-0.39, 0.29) is 0 Å². The molecule has 0 amide bonds. The van der Waals surface area contributed by atoms with Crippen molar-refractivity contribution in [2.45, 2.75) is 70.6 Å². The maximum atomic E-state index is 12.7. The lowest BCUT2D eigenvalue weighted by Crippen LogP contribution is -2.13. The maximum Gasteiger partial charge on any atom is 0.199 e. The zero-order chi connectivity index (χ0) is 17.9. The van der Waals surface area contributed by atoms with Gasteiger partial charge in [0.25, 0.3) is 0 Å². The zero-order valence-electron chi connectivity index (χ0n) is 15.4. The van der Waals surface area contributed by atoms with Gasteiger partial charge >= 0.3 is 0 Å². The van der Waals surface area contributed by atoms with Crippen molar-refractivity contribution >= 4 is 0 Å². The van der Waals surface area contributed by atoms with Gasteiger partial charge in [-0.1, -0.05) is 49.8 Å². The molecule has 1 aromatic rings. The van der Waals surface area contributed by atoms with Gasteiger partial charge in [-0.3, -0.25) is 0 Å². The van der Waals surface area contributed by atoms with Crippen LogP contribution < -0.4 is 0 Å². The molecule has 134 valence electrons. The Hall–Kier alpha value is -1.88. The molecule has 0 aliphatic heterocycles. The van der Waals surface area contributed by atoms with Crippen molar-refractivity contribution in [2.24, 2.45) is 5.92 Å². The van der Waals surface area contributed by atoms with Gasteiger partial charge < -0.3 is 0 Å². The van der Waals surface area contributed by atoms with Crippen LogP contribution >= 0.6 is 0 Å². The molecular formula is C23H30FN. The number of unbranched alkanes of at least 4 members (excludes halogenated alkanes) is 1. The molecule has 0 spiro atoms. The Labute approximate surface area is 152 Å². The van der Waals surface area contributed by atoms with E-state index in [0.29, 0.717) is 0 Å². The normalized spacial score (nSPS) is 21.4. The second-order valence-electron chi connectivity index (χ2n) is 7.19. The van der Waals surface area contributed by atoms with Crippen LogP contribution in [0.2, 0.25) is 0 Å². The van der Waals surface area contributed by atoms with Crippen LogP contribution in [0.1, 0.15) is 75.3 Å². The zero-order valence-corrected chi connectivity index (χ0v) is 15.4. The average molecular weight is 339 g/mol. The summed E-state index contributed by atoms with van der Waals surface area (Å²) in [6.07, 6.45) is 15.9. The topological polar surface area (TPSA) is 23.8 Å². The largest absolute Gasteiger partial charge is 0.199 e. The van der Waals surface area contributed by atoms with Crippen LogP contribution in [0.5, 0.6) is 0 Å². The van der Waals surface area contributed by atoms with Crippen molar-refractivity contribution in [3.63, 3.8) is 0 Å². The van der Waals surface area contributed by atoms with Crippen molar-refractivity contribution in [1.29, 1.82) is 5.26 Å². The highest BCUT2D eigenvalue weighted by molar-refractivity contribution is 5.26. The number of aryl methyl sites for hydroxylation is 1. The lowest BCUT2D eigenvalue weighted by Gasteiger charge is -2.28. The van der Waals surface area contributed by atoms with Gasteiger partial charge in [0.1, 0.15) is 6.07 Å². The Balaban J connectivity index is 1.71. The minimum Gasteiger partial charge on any atom is -0.195 e. The highest BCUT2D eigenvalue weighted by Gasteiger charge is 2.21. The van der Waals surface area contributed by atoms with Gasteiger partial charge in [0.2, 0.25) is 0 Å². The fourth-order valence-corrected chi connectivity index (χ4v) is 3.74. The number of rotatable bonds is 8. The van der Waals surface area contributed by atoms with E-state index in [1.165, 1.54) is 74.6 Å². The molecule has 25 heavy (non-hydrogen) atoms. The van der Waals surface area contributed by atoms with Crippen LogP contribution in [0.15, 0.2) is 48.3 Å². The quantitative estimate of drug-likeness (QED) is 0.369. The van der Waals surface area contributed by atoms with Crippen molar-refractivity contribution in [2.75, 3.05) is 0 Å². The molecule has 0 unspecified atom stereocenters. The molecular weight excluding hydrogens is 309 g/mol. The summed E-state index contributed by atoms with van der Waals surface area (Å²) in [7, 11) is 0. The lowest BCUT2D eigenvalue weighted by atomic mass is 9.77. The van der Waals surface area contributed by atoms with E-state index in [2.05, 4.69) is 31.2 Å². The summed E-state index contributed by atoms with van der Waals surface area (Å²) in [5, 5.41) is 8.34. The molecule has 1 nitrogen and oxygen atoms in total. The monoisotopic (exact) mass is 339 g/mol. The Bertz CT molecular complexity index is 598. The Morgan fingerprint density at radius 1 is 1.20 bits per heavy atom. The fraction of sp³-hybridized carbons (Fsp3) is 0.522. The Kier molecular flexibility index (Phi) is 8.46. The van der Waals surface area contributed by atoms with Crippen LogP contribution in [0.3, 0.4) is 0 Å². The number of benzene rings is 1. The molecule has 1 aliphatic rings. The molecule has 1 saturated carbocycles. The molecule has 2 rings (SSSR count). The van der Waals surface area contributed by atoms with Crippen molar-refractivity contribution in [3.8, 4) is 6.07 Å². The summed E-state index contributed by atoms with van der Waals surface area (Å²) in [4.78, 5) is 0. The number of halogens is 1. The highest BCUT2D eigenvalue weighted by atomic mass is 19.1. The summed E-state index contributed by atoms with van der Waals surface area (Å²) in [6, 6.07) is 10.8. The van der Waals surface area contributed by atoms with E-state index < -0.39 is 5.83 Å². The molecule has 0 aromatic heterocycles. The van der Waals surface area contributed by atoms with E-state index >= 15 is 0 Å². The van der Waals surface area contributed by atoms with Crippen LogP contribution in [-0.2, 0) is 6.42 Å². The molecule has 1 aliphatic carbocycles. The molecule has 0 bridgehead atoms. The molecule has 2 heteroatoms. The summed E-state index contributed by atoms with van der Waals surface area (Å²) < 4.78 is 12.7. The SMILES string of the molecule is CCCCc1ccc([C@H]2CC[C@H](CC/C=C/C=C(\F)C#N)CC2)cc1. The Morgan fingerprint density at radius 3 is 2.56 bits per heavy atom. The summed E-state index contributed by atoms with van der Waals surface area (Å²) in [6.45, 7) is 2.24. The van der Waals surface area contributed by atoms with Crippen LogP contribution in [-0.4, -0.2) is 0 Å². The van der Waals surface area contributed by atoms with Crippen LogP contribution in [0, 0.1) is 17.2 Å². The fourth-order valence-electron chi connectivity index (χ4n) is 3.74. The molecule has 1 fully saturated rings. The van der Waals surface area contributed by atoms with Gasteiger partial charge in [0.05, 0.1) is 0 Å².